The SMILES string of the molecule is COC(=O)CCS(=O)(=O)Nc1ccc(N)cc1F. The van der Waals surface area contributed by atoms with Crippen LogP contribution in [0.25, 0.3) is 0 Å². The van der Waals surface area contributed by atoms with Gasteiger partial charge in [0.25, 0.3) is 0 Å². The van der Waals surface area contributed by atoms with Crippen molar-refractivity contribution in [2.24, 2.45) is 0 Å². The topological polar surface area (TPSA) is 98.5 Å². The number of anilines is 2. The fraction of sp³-hybridized carbons (Fsp3) is 0.300. The van der Waals surface area contributed by atoms with E-state index in [9.17, 15) is 17.6 Å². The molecule has 8 heteroatoms. The van der Waals surface area contributed by atoms with Gasteiger partial charge in [-0.25, -0.2) is 12.8 Å². The second-order valence-electron chi connectivity index (χ2n) is 3.49. The van der Waals surface area contributed by atoms with Crippen LogP contribution in [0.3, 0.4) is 0 Å². The summed E-state index contributed by atoms with van der Waals surface area (Å²) >= 11 is 0. The van der Waals surface area contributed by atoms with Crippen LogP contribution in [-0.4, -0.2) is 27.2 Å². The lowest BCUT2D eigenvalue weighted by atomic mass is 10.3. The number of carbonyl (C=O) groups excluding carboxylic acids is 1. The Balaban J connectivity index is 2.73. The van der Waals surface area contributed by atoms with Crippen LogP contribution in [0.4, 0.5) is 15.8 Å². The average Bonchev–Trinajstić information content (AvgIpc) is 2.30. The first kappa shape index (κ1) is 14.2. The number of hydrogen-bond acceptors (Lipinski definition) is 5. The van der Waals surface area contributed by atoms with Gasteiger partial charge < -0.3 is 10.5 Å². The van der Waals surface area contributed by atoms with Crippen molar-refractivity contribution < 1.29 is 22.3 Å². The van der Waals surface area contributed by atoms with Gasteiger partial charge in [0.15, 0.2) is 0 Å². The van der Waals surface area contributed by atoms with Crippen LogP contribution >= 0.6 is 0 Å². The van der Waals surface area contributed by atoms with E-state index in [1.54, 1.807) is 0 Å². The Morgan fingerprint density at radius 1 is 1.50 bits per heavy atom. The molecular weight excluding hydrogens is 263 g/mol. The van der Waals surface area contributed by atoms with Crippen molar-refractivity contribution in [2.75, 3.05) is 23.3 Å². The van der Waals surface area contributed by atoms with Crippen molar-refractivity contribution in [3.05, 3.63) is 24.0 Å². The molecule has 0 aromatic heterocycles. The molecule has 1 rings (SSSR count). The summed E-state index contributed by atoms with van der Waals surface area (Å²) in [6, 6.07) is 3.57. The normalized spacial score (nSPS) is 11.0. The van der Waals surface area contributed by atoms with E-state index in [-0.39, 0.29) is 17.8 Å². The quantitative estimate of drug-likeness (QED) is 0.609. The van der Waals surface area contributed by atoms with Gasteiger partial charge in [0.2, 0.25) is 10.0 Å². The molecule has 100 valence electrons. The van der Waals surface area contributed by atoms with Crippen LogP contribution in [0, 0.1) is 5.82 Å². The van der Waals surface area contributed by atoms with Crippen LogP contribution in [-0.2, 0) is 19.6 Å². The summed E-state index contributed by atoms with van der Waals surface area (Å²) in [7, 11) is -2.65. The smallest absolute Gasteiger partial charge is 0.306 e. The first-order valence-corrected chi connectivity index (χ1v) is 6.61. The highest BCUT2D eigenvalue weighted by atomic mass is 32.2. The number of ether oxygens (including phenoxy) is 1. The Morgan fingerprint density at radius 3 is 2.72 bits per heavy atom. The molecule has 0 atom stereocenters. The number of methoxy groups -OCH3 is 1. The Kier molecular flexibility index (Phi) is 4.49. The zero-order chi connectivity index (χ0) is 13.8. The number of nitrogen functional groups attached to an aromatic ring is 1. The minimum atomic E-state index is -3.81. The molecule has 0 unspecified atom stereocenters. The molecular formula is C10H13FN2O4S. The molecule has 0 amide bonds. The van der Waals surface area contributed by atoms with E-state index in [1.807, 2.05) is 4.72 Å². The van der Waals surface area contributed by atoms with Gasteiger partial charge >= 0.3 is 5.97 Å². The minimum absolute atomic E-state index is 0.185. The molecule has 0 aliphatic carbocycles. The maximum atomic E-state index is 13.3. The fourth-order valence-corrected chi connectivity index (χ4v) is 2.19. The number of esters is 1. The van der Waals surface area contributed by atoms with E-state index >= 15 is 0 Å². The van der Waals surface area contributed by atoms with E-state index < -0.39 is 27.6 Å². The zero-order valence-corrected chi connectivity index (χ0v) is 10.5. The van der Waals surface area contributed by atoms with Gasteiger partial charge in [0.1, 0.15) is 5.82 Å². The van der Waals surface area contributed by atoms with Gasteiger partial charge in [0.05, 0.1) is 25.0 Å². The van der Waals surface area contributed by atoms with Crippen LogP contribution in [0.5, 0.6) is 0 Å². The lowest BCUT2D eigenvalue weighted by molar-refractivity contribution is -0.140. The summed E-state index contributed by atoms with van der Waals surface area (Å²) in [5.41, 5.74) is 5.30. The summed E-state index contributed by atoms with van der Waals surface area (Å²) in [6.45, 7) is 0. The summed E-state index contributed by atoms with van der Waals surface area (Å²) in [5, 5.41) is 0. The molecule has 1 aromatic carbocycles. The molecule has 0 spiro atoms. The molecule has 0 saturated carbocycles. The largest absolute Gasteiger partial charge is 0.469 e. The molecule has 0 saturated heterocycles. The Hall–Kier alpha value is -1.83. The van der Waals surface area contributed by atoms with Crippen molar-refractivity contribution in [1.82, 2.24) is 0 Å². The highest BCUT2D eigenvalue weighted by molar-refractivity contribution is 7.92. The van der Waals surface area contributed by atoms with Crippen molar-refractivity contribution in [3.8, 4) is 0 Å². The van der Waals surface area contributed by atoms with Gasteiger partial charge in [-0.15, -0.1) is 0 Å². The lowest BCUT2D eigenvalue weighted by Crippen LogP contribution is -2.20. The fourth-order valence-electron chi connectivity index (χ4n) is 1.15. The van der Waals surface area contributed by atoms with Crippen molar-refractivity contribution >= 4 is 27.4 Å². The van der Waals surface area contributed by atoms with Gasteiger partial charge in [-0.05, 0) is 18.2 Å². The number of carbonyl (C=O) groups is 1. The first-order chi connectivity index (χ1) is 8.34. The Morgan fingerprint density at radius 2 is 2.17 bits per heavy atom. The first-order valence-electron chi connectivity index (χ1n) is 4.96. The van der Waals surface area contributed by atoms with Crippen molar-refractivity contribution in [3.63, 3.8) is 0 Å². The van der Waals surface area contributed by atoms with Crippen molar-refractivity contribution in [2.45, 2.75) is 6.42 Å². The third kappa shape index (κ3) is 4.21. The maximum Gasteiger partial charge on any atom is 0.306 e. The third-order valence-electron chi connectivity index (χ3n) is 2.06. The molecule has 1 aromatic rings. The van der Waals surface area contributed by atoms with Gasteiger partial charge in [-0.3, -0.25) is 9.52 Å². The monoisotopic (exact) mass is 276 g/mol. The second-order valence-corrected chi connectivity index (χ2v) is 5.33. The third-order valence-corrected chi connectivity index (χ3v) is 3.33. The maximum absolute atomic E-state index is 13.3. The zero-order valence-electron chi connectivity index (χ0n) is 9.64. The molecule has 18 heavy (non-hydrogen) atoms. The molecule has 0 radical (unpaired) electrons. The van der Waals surface area contributed by atoms with Crippen molar-refractivity contribution in [1.29, 1.82) is 0 Å². The van der Waals surface area contributed by atoms with E-state index in [4.69, 9.17) is 5.73 Å². The number of rotatable bonds is 5. The summed E-state index contributed by atoms with van der Waals surface area (Å²) in [5.74, 6) is -1.92. The molecule has 0 aliphatic heterocycles. The van der Waals surface area contributed by atoms with Crippen LogP contribution < -0.4 is 10.5 Å². The molecule has 0 aliphatic rings. The number of hydrogen-bond donors (Lipinski definition) is 2. The van der Waals surface area contributed by atoms with E-state index in [1.165, 1.54) is 12.1 Å². The molecule has 3 N–H and O–H groups in total. The van der Waals surface area contributed by atoms with Gasteiger partial charge in [-0.1, -0.05) is 0 Å². The van der Waals surface area contributed by atoms with E-state index in [2.05, 4.69) is 4.74 Å². The number of nitrogens with one attached hydrogen (secondary N) is 1. The van der Waals surface area contributed by atoms with Gasteiger partial charge in [0, 0.05) is 5.69 Å². The second kappa shape index (κ2) is 5.67. The summed E-state index contributed by atoms with van der Waals surface area (Å²) in [6.07, 6.45) is -0.303. The Bertz CT molecular complexity index is 545. The lowest BCUT2D eigenvalue weighted by Gasteiger charge is -2.08. The van der Waals surface area contributed by atoms with Crippen LogP contribution in [0.2, 0.25) is 0 Å². The van der Waals surface area contributed by atoms with Crippen LogP contribution in [0.1, 0.15) is 6.42 Å². The highest BCUT2D eigenvalue weighted by Gasteiger charge is 2.15. The highest BCUT2D eigenvalue weighted by Crippen LogP contribution is 2.18. The molecule has 0 bridgehead atoms. The standard InChI is InChI=1S/C10H13FN2O4S/c1-17-10(14)4-5-18(15,16)13-9-3-2-7(12)6-8(9)11/h2-3,6,13H,4-5,12H2,1H3. The number of sulfonamides is 1. The minimum Gasteiger partial charge on any atom is -0.469 e. The number of benzene rings is 1. The number of halogens is 1. The summed E-state index contributed by atoms with van der Waals surface area (Å²) < 4.78 is 42.8. The molecule has 0 fully saturated rings. The number of nitrogens with two attached hydrogens (primary N) is 1. The van der Waals surface area contributed by atoms with Gasteiger partial charge in [-0.2, -0.15) is 0 Å². The average molecular weight is 276 g/mol. The van der Waals surface area contributed by atoms with E-state index in [0.717, 1.165) is 13.2 Å². The Labute approximate surface area is 104 Å². The predicted octanol–water partition coefficient (Wildman–Crippen LogP) is 0.713. The predicted molar refractivity (Wildman–Crippen MR) is 64.9 cm³/mol. The van der Waals surface area contributed by atoms with E-state index in [0.29, 0.717) is 0 Å². The summed E-state index contributed by atoms with van der Waals surface area (Å²) in [4.78, 5) is 10.8. The molecule has 6 nitrogen and oxygen atoms in total. The molecule has 0 heterocycles. The van der Waals surface area contributed by atoms with Crippen LogP contribution in [0.15, 0.2) is 18.2 Å².